The molecule has 2 aliphatic heterocycles. The van der Waals surface area contributed by atoms with Gasteiger partial charge in [-0.25, -0.2) is 4.79 Å². The number of rotatable bonds is 7. The van der Waals surface area contributed by atoms with Crippen LogP contribution < -0.4 is 10.1 Å². The fourth-order valence-corrected chi connectivity index (χ4v) is 6.06. The minimum absolute atomic E-state index is 0.0618. The van der Waals surface area contributed by atoms with E-state index >= 15 is 0 Å². The van der Waals surface area contributed by atoms with Gasteiger partial charge in [-0.3, -0.25) is 9.59 Å². The van der Waals surface area contributed by atoms with Crippen molar-refractivity contribution in [3.63, 3.8) is 0 Å². The number of carbonyl (C=O) groups excluding carboxylic acids is 3. The Hall–Kier alpha value is -4.07. The van der Waals surface area contributed by atoms with E-state index in [2.05, 4.69) is 5.32 Å². The van der Waals surface area contributed by atoms with Crippen LogP contribution in [0.25, 0.3) is 0 Å². The summed E-state index contributed by atoms with van der Waals surface area (Å²) in [6, 6.07) is 27.5. The quantitative estimate of drug-likeness (QED) is 0.193. The van der Waals surface area contributed by atoms with E-state index in [4.69, 9.17) is 21.1 Å². The Morgan fingerprint density at radius 1 is 0.850 bits per heavy atom. The molecule has 200 valence electrons. The Kier molecular flexibility index (Phi) is 7.09. The van der Waals surface area contributed by atoms with Gasteiger partial charge in [-0.05, 0) is 48.4 Å². The summed E-state index contributed by atoms with van der Waals surface area (Å²) in [5.41, 5.74) is 2.70. The van der Waals surface area contributed by atoms with E-state index in [0.29, 0.717) is 58.4 Å². The van der Waals surface area contributed by atoms with Crippen LogP contribution in [0.3, 0.4) is 0 Å². The van der Waals surface area contributed by atoms with Crippen molar-refractivity contribution in [1.82, 2.24) is 5.32 Å². The fourth-order valence-electron chi connectivity index (χ4n) is 5.12. The van der Waals surface area contributed by atoms with Crippen molar-refractivity contribution >= 4 is 40.4 Å². The second-order valence-electron chi connectivity index (χ2n) is 9.57. The summed E-state index contributed by atoms with van der Waals surface area (Å²) in [6.45, 7) is 0.343. The summed E-state index contributed by atoms with van der Waals surface area (Å²) in [6.07, 6.45) is 0.861. The highest BCUT2D eigenvalue weighted by Gasteiger charge is 2.53. The van der Waals surface area contributed by atoms with Gasteiger partial charge in [0.1, 0.15) is 11.5 Å². The zero-order valence-electron chi connectivity index (χ0n) is 21.3. The zero-order chi connectivity index (χ0) is 27.7. The number of halogens is 1. The fraction of sp³-hybridized carbons (Fsp3) is 0.156. The first kappa shape index (κ1) is 26.2. The van der Waals surface area contributed by atoms with Crippen molar-refractivity contribution in [3.05, 3.63) is 129 Å². The molecule has 0 bridgehead atoms. The number of thioether (sulfide) groups is 1. The van der Waals surface area contributed by atoms with Crippen LogP contribution in [0, 0.1) is 0 Å². The first-order valence-corrected chi connectivity index (χ1v) is 14.2. The molecule has 2 heterocycles. The molecular formula is C32H24ClNO5S. The van der Waals surface area contributed by atoms with Crippen molar-refractivity contribution in [2.45, 2.75) is 24.2 Å². The van der Waals surface area contributed by atoms with Gasteiger partial charge in [-0.15, -0.1) is 0 Å². The van der Waals surface area contributed by atoms with E-state index in [-0.39, 0.29) is 11.0 Å². The number of carbonyl (C=O) groups is 3. The lowest BCUT2D eigenvalue weighted by molar-refractivity contribution is -0.111. The summed E-state index contributed by atoms with van der Waals surface area (Å²) >= 11 is 7.15. The maximum absolute atomic E-state index is 13.2. The smallest absolute Gasteiger partial charge is 0.340 e. The summed E-state index contributed by atoms with van der Waals surface area (Å²) in [7, 11) is 0. The van der Waals surface area contributed by atoms with Crippen LogP contribution in [0.4, 0.5) is 0 Å². The minimum atomic E-state index is -1.16. The van der Waals surface area contributed by atoms with E-state index in [0.717, 1.165) is 16.7 Å². The topological polar surface area (TPSA) is 81.7 Å². The molecule has 0 saturated heterocycles. The zero-order valence-corrected chi connectivity index (χ0v) is 22.9. The van der Waals surface area contributed by atoms with Crippen molar-refractivity contribution in [1.29, 1.82) is 0 Å². The molecule has 0 atom stereocenters. The number of hydrogen-bond donors (Lipinski definition) is 1. The largest absolute Gasteiger partial charge is 0.456 e. The Morgan fingerprint density at radius 3 is 2.23 bits per heavy atom. The second-order valence-corrected chi connectivity index (χ2v) is 11.0. The summed E-state index contributed by atoms with van der Waals surface area (Å²) in [5.74, 6) is 0.995. The summed E-state index contributed by atoms with van der Waals surface area (Å²) < 4.78 is 12.2. The Labute approximate surface area is 240 Å². The number of ether oxygens (including phenoxy) is 2. The number of para-hydroxylation sites is 2. The highest BCUT2D eigenvalue weighted by molar-refractivity contribution is 8.12. The number of benzene rings is 4. The molecule has 1 amide bonds. The van der Waals surface area contributed by atoms with Gasteiger partial charge < -0.3 is 14.8 Å². The van der Waals surface area contributed by atoms with Gasteiger partial charge in [0.25, 0.3) is 5.91 Å². The summed E-state index contributed by atoms with van der Waals surface area (Å²) in [4.78, 5) is 38.4. The molecule has 6 rings (SSSR count). The predicted octanol–water partition coefficient (Wildman–Crippen LogP) is 6.88. The van der Waals surface area contributed by atoms with E-state index in [1.807, 2.05) is 60.7 Å². The van der Waals surface area contributed by atoms with Gasteiger partial charge in [0.05, 0.1) is 5.56 Å². The maximum atomic E-state index is 13.2. The lowest BCUT2D eigenvalue weighted by Crippen LogP contribution is -2.33. The van der Waals surface area contributed by atoms with Crippen LogP contribution in [0.1, 0.15) is 55.8 Å². The van der Waals surface area contributed by atoms with Gasteiger partial charge in [-0.1, -0.05) is 78.0 Å². The Morgan fingerprint density at radius 2 is 1.52 bits per heavy atom. The molecule has 0 radical (unpaired) electrons. The van der Waals surface area contributed by atoms with Crippen LogP contribution >= 0.6 is 23.4 Å². The van der Waals surface area contributed by atoms with Crippen LogP contribution in [0.5, 0.6) is 11.5 Å². The molecule has 4 aromatic carbocycles. The monoisotopic (exact) mass is 569 g/mol. The molecular weight excluding hydrogens is 546 g/mol. The lowest BCUT2D eigenvalue weighted by atomic mass is 9.77. The van der Waals surface area contributed by atoms with Gasteiger partial charge in [0.2, 0.25) is 0 Å². The molecule has 0 aliphatic carbocycles. The van der Waals surface area contributed by atoms with Gasteiger partial charge >= 0.3 is 5.97 Å². The molecule has 1 N–H and O–H groups in total. The normalized spacial score (nSPS) is 14.0. The minimum Gasteiger partial charge on any atom is -0.456 e. The maximum Gasteiger partial charge on any atom is 0.340 e. The SMILES string of the molecule is O=C(CCCNC(=O)c1ccc2c(c1)C(=O)OC21c2ccccc2Oc2ccccc21)SCc1ccc(Cl)cc1. The third-order valence-electron chi connectivity index (χ3n) is 7.04. The number of amides is 1. The molecule has 1 spiro atoms. The highest BCUT2D eigenvalue weighted by atomic mass is 35.5. The number of fused-ring (bicyclic) bond motifs is 6. The molecule has 2 aliphatic rings. The predicted molar refractivity (Wildman–Crippen MR) is 154 cm³/mol. The Bertz CT molecular complexity index is 1590. The van der Waals surface area contributed by atoms with Gasteiger partial charge in [-0.2, -0.15) is 0 Å². The molecule has 6 nitrogen and oxygen atoms in total. The van der Waals surface area contributed by atoms with E-state index in [1.165, 1.54) is 11.8 Å². The van der Waals surface area contributed by atoms with Crippen LogP contribution in [0.2, 0.25) is 5.02 Å². The average Bonchev–Trinajstić information content (AvgIpc) is 3.27. The standard InChI is InChI=1S/C32H24ClNO5S/c33-22-14-11-20(12-15-22)19-40-29(35)10-5-17-34-30(36)21-13-16-24-23(18-21)31(37)39-32(24)25-6-1-3-8-27(25)38-28-9-4-2-7-26(28)32/h1-4,6-9,11-16,18H,5,10,17,19H2,(H,34,36). The lowest BCUT2D eigenvalue weighted by Gasteiger charge is -2.36. The van der Waals surface area contributed by atoms with Crippen LogP contribution in [0.15, 0.2) is 91.0 Å². The molecule has 0 fully saturated rings. The summed E-state index contributed by atoms with van der Waals surface area (Å²) in [5, 5.41) is 3.58. The first-order chi connectivity index (χ1) is 19.5. The molecule has 8 heteroatoms. The third-order valence-corrected chi connectivity index (χ3v) is 8.29. The number of nitrogens with one attached hydrogen (secondary N) is 1. The highest BCUT2D eigenvalue weighted by Crippen LogP contribution is 2.55. The van der Waals surface area contributed by atoms with Crippen molar-refractivity contribution < 1.29 is 23.9 Å². The number of esters is 1. The third kappa shape index (κ3) is 4.76. The molecule has 0 saturated carbocycles. The average molecular weight is 570 g/mol. The van der Waals surface area contributed by atoms with Gasteiger partial charge in [0.15, 0.2) is 10.7 Å². The second kappa shape index (κ2) is 10.8. The van der Waals surface area contributed by atoms with Crippen molar-refractivity contribution in [2.24, 2.45) is 0 Å². The molecule has 0 aromatic heterocycles. The van der Waals surface area contributed by atoms with Gasteiger partial charge in [0, 0.05) is 46.0 Å². The number of hydrogen-bond acceptors (Lipinski definition) is 6. The van der Waals surface area contributed by atoms with Crippen LogP contribution in [-0.2, 0) is 20.9 Å². The van der Waals surface area contributed by atoms with E-state index < -0.39 is 11.6 Å². The van der Waals surface area contributed by atoms with Crippen molar-refractivity contribution in [3.8, 4) is 11.5 Å². The van der Waals surface area contributed by atoms with Crippen molar-refractivity contribution in [2.75, 3.05) is 6.54 Å². The Balaban J connectivity index is 1.13. The van der Waals surface area contributed by atoms with E-state index in [9.17, 15) is 14.4 Å². The molecule has 0 unspecified atom stereocenters. The molecule has 4 aromatic rings. The molecule has 40 heavy (non-hydrogen) atoms. The first-order valence-electron chi connectivity index (χ1n) is 12.9. The van der Waals surface area contributed by atoms with E-state index in [1.54, 1.807) is 30.3 Å². The van der Waals surface area contributed by atoms with Crippen LogP contribution in [-0.4, -0.2) is 23.5 Å².